The molecule has 1 atom stereocenters. The van der Waals surface area contributed by atoms with Crippen LogP contribution in [0.3, 0.4) is 0 Å². The molecule has 18 heavy (non-hydrogen) atoms. The summed E-state index contributed by atoms with van der Waals surface area (Å²) in [6, 6.07) is 7.36. The Kier molecular flexibility index (Phi) is 5.10. The SMILES string of the molecule is CN(C)C1CCCN(c2ccc(CBr)c(Br)c2)C1. The molecule has 1 aromatic rings. The van der Waals surface area contributed by atoms with Crippen LogP contribution < -0.4 is 4.90 Å². The first kappa shape index (κ1) is 14.4. The third kappa shape index (κ3) is 3.28. The van der Waals surface area contributed by atoms with Crippen molar-refractivity contribution >= 4 is 37.5 Å². The number of alkyl halides is 1. The first-order valence-electron chi connectivity index (χ1n) is 6.37. The zero-order valence-electron chi connectivity index (χ0n) is 11.0. The second kappa shape index (κ2) is 6.40. The lowest BCUT2D eigenvalue weighted by atomic mass is 10.0. The molecule has 1 fully saturated rings. The number of likely N-dealkylation sites (N-methyl/N-ethyl adjacent to an activating group) is 1. The highest BCUT2D eigenvalue weighted by Gasteiger charge is 2.21. The largest absolute Gasteiger partial charge is 0.370 e. The number of nitrogens with zero attached hydrogens (tertiary/aromatic N) is 2. The lowest BCUT2D eigenvalue weighted by Crippen LogP contribution is -2.45. The highest BCUT2D eigenvalue weighted by molar-refractivity contribution is 9.10. The van der Waals surface area contributed by atoms with Gasteiger partial charge < -0.3 is 9.80 Å². The second-order valence-electron chi connectivity index (χ2n) is 5.12. The molecule has 1 aliphatic heterocycles. The minimum Gasteiger partial charge on any atom is -0.370 e. The van der Waals surface area contributed by atoms with Gasteiger partial charge in [-0.1, -0.05) is 37.9 Å². The summed E-state index contributed by atoms with van der Waals surface area (Å²) in [6.07, 6.45) is 2.59. The summed E-state index contributed by atoms with van der Waals surface area (Å²) in [5, 5.41) is 0.897. The molecule has 0 saturated carbocycles. The van der Waals surface area contributed by atoms with Crippen molar-refractivity contribution in [1.82, 2.24) is 4.90 Å². The third-order valence-electron chi connectivity index (χ3n) is 3.67. The van der Waals surface area contributed by atoms with Crippen molar-refractivity contribution in [1.29, 1.82) is 0 Å². The molecular weight excluding hydrogens is 356 g/mol. The number of hydrogen-bond donors (Lipinski definition) is 0. The Hall–Kier alpha value is -0.0600. The Labute approximate surface area is 127 Å². The van der Waals surface area contributed by atoms with Gasteiger partial charge in [0, 0.05) is 34.6 Å². The van der Waals surface area contributed by atoms with Gasteiger partial charge in [-0.05, 0) is 44.6 Å². The summed E-state index contributed by atoms with van der Waals surface area (Å²) in [5.41, 5.74) is 2.64. The first-order chi connectivity index (χ1) is 8.61. The fourth-order valence-corrected chi connectivity index (χ4v) is 3.82. The van der Waals surface area contributed by atoms with Crippen LogP contribution in [0.5, 0.6) is 0 Å². The molecule has 1 heterocycles. The monoisotopic (exact) mass is 374 g/mol. The molecule has 0 spiro atoms. The highest BCUT2D eigenvalue weighted by atomic mass is 79.9. The number of piperidine rings is 1. The van der Waals surface area contributed by atoms with Crippen molar-refractivity contribution in [2.75, 3.05) is 32.1 Å². The van der Waals surface area contributed by atoms with Crippen LogP contribution in [0.15, 0.2) is 22.7 Å². The molecule has 2 nitrogen and oxygen atoms in total. The molecule has 0 radical (unpaired) electrons. The summed E-state index contributed by atoms with van der Waals surface area (Å²) in [7, 11) is 4.36. The number of halogens is 2. The molecule has 0 bridgehead atoms. The Morgan fingerprint density at radius 3 is 2.78 bits per heavy atom. The van der Waals surface area contributed by atoms with Gasteiger partial charge in [-0.3, -0.25) is 0 Å². The predicted octanol–water partition coefficient (Wildman–Crippen LogP) is 3.87. The molecule has 0 N–H and O–H groups in total. The molecule has 0 amide bonds. The van der Waals surface area contributed by atoms with Crippen LogP contribution in [0.1, 0.15) is 18.4 Å². The average Bonchev–Trinajstić information content (AvgIpc) is 2.38. The van der Waals surface area contributed by atoms with Gasteiger partial charge in [-0.15, -0.1) is 0 Å². The number of benzene rings is 1. The van der Waals surface area contributed by atoms with Crippen molar-refractivity contribution in [2.45, 2.75) is 24.2 Å². The van der Waals surface area contributed by atoms with Crippen molar-refractivity contribution in [3.63, 3.8) is 0 Å². The zero-order chi connectivity index (χ0) is 13.1. The molecule has 100 valence electrons. The molecule has 1 aliphatic rings. The quantitative estimate of drug-likeness (QED) is 0.739. The van der Waals surface area contributed by atoms with Gasteiger partial charge in [0.05, 0.1) is 0 Å². The van der Waals surface area contributed by atoms with E-state index in [4.69, 9.17) is 0 Å². The van der Waals surface area contributed by atoms with Gasteiger partial charge in [0.1, 0.15) is 0 Å². The molecule has 1 saturated heterocycles. The van der Waals surface area contributed by atoms with Crippen LogP contribution >= 0.6 is 31.9 Å². The topological polar surface area (TPSA) is 6.48 Å². The maximum atomic E-state index is 3.65. The van der Waals surface area contributed by atoms with Gasteiger partial charge in [0.25, 0.3) is 0 Å². The standard InChI is InChI=1S/C14H20Br2N2/c1-17(2)13-4-3-7-18(10-13)12-6-5-11(9-15)14(16)8-12/h5-6,8,13H,3-4,7,9-10H2,1-2H3. The molecule has 0 aliphatic carbocycles. The molecular formula is C14H20Br2N2. The minimum absolute atomic E-state index is 0.674. The van der Waals surface area contributed by atoms with Crippen LogP contribution in [0.2, 0.25) is 0 Å². The molecule has 4 heteroatoms. The lowest BCUT2D eigenvalue weighted by Gasteiger charge is -2.37. The van der Waals surface area contributed by atoms with E-state index < -0.39 is 0 Å². The summed E-state index contributed by atoms with van der Waals surface area (Å²) in [4.78, 5) is 4.84. The minimum atomic E-state index is 0.674. The number of hydrogen-bond acceptors (Lipinski definition) is 2. The van der Waals surface area contributed by atoms with Crippen LogP contribution in [-0.4, -0.2) is 38.1 Å². The average molecular weight is 376 g/mol. The van der Waals surface area contributed by atoms with Crippen molar-refractivity contribution < 1.29 is 0 Å². The summed E-state index contributed by atoms with van der Waals surface area (Å²) in [5.74, 6) is 0. The maximum Gasteiger partial charge on any atom is 0.0378 e. The van der Waals surface area contributed by atoms with Crippen LogP contribution in [0.4, 0.5) is 5.69 Å². The van der Waals surface area contributed by atoms with E-state index in [1.165, 1.54) is 35.1 Å². The van der Waals surface area contributed by atoms with E-state index in [9.17, 15) is 0 Å². The van der Waals surface area contributed by atoms with E-state index in [2.05, 4.69) is 74.0 Å². The van der Waals surface area contributed by atoms with Gasteiger partial charge in [0.15, 0.2) is 0 Å². The Morgan fingerprint density at radius 1 is 1.39 bits per heavy atom. The lowest BCUT2D eigenvalue weighted by molar-refractivity contribution is 0.258. The molecule has 0 aromatic heterocycles. The fourth-order valence-electron chi connectivity index (χ4n) is 2.45. The van der Waals surface area contributed by atoms with Crippen molar-refractivity contribution in [2.24, 2.45) is 0 Å². The van der Waals surface area contributed by atoms with E-state index in [0.717, 1.165) is 11.9 Å². The zero-order valence-corrected chi connectivity index (χ0v) is 14.2. The van der Waals surface area contributed by atoms with Gasteiger partial charge in [0.2, 0.25) is 0 Å². The van der Waals surface area contributed by atoms with Crippen LogP contribution in [0.25, 0.3) is 0 Å². The third-order valence-corrected chi connectivity index (χ3v) is 5.01. The van der Waals surface area contributed by atoms with Gasteiger partial charge >= 0.3 is 0 Å². The number of rotatable bonds is 3. The van der Waals surface area contributed by atoms with E-state index in [1.807, 2.05) is 0 Å². The Morgan fingerprint density at radius 2 is 2.17 bits per heavy atom. The predicted molar refractivity (Wildman–Crippen MR) is 85.7 cm³/mol. The Balaban J connectivity index is 2.13. The normalized spacial score (nSPS) is 20.5. The van der Waals surface area contributed by atoms with E-state index in [1.54, 1.807) is 0 Å². The molecule has 1 unspecified atom stereocenters. The van der Waals surface area contributed by atoms with E-state index in [-0.39, 0.29) is 0 Å². The smallest absolute Gasteiger partial charge is 0.0378 e. The maximum absolute atomic E-state index is 3.65. The summed E-state index contributed by atoms with van der Waals surface area (Å²) in [6.45, 7) is 2.30. The highest BCUT2D eigenvalue weighted by Crippen LogP contribution is 2.28. The fraction of sp³-hybridized carbons (Fsp3) is 0.571. The van der Waals surface area contributed by atoms with Crippen molar-refractivity contribution in [3.05, 3.63) is 28.2 Å². The first-order valence-corrected chi connectivity index (χ1v) is 8.29. The van der Waals surface area contributed by atoms with Crippen LogP contribution in [-0.2, 0) is 5.33 Å². The number of anilines is 1. The molecule has 2 rings (SSSR count). The van der Waals surface area contributed by atoms with Gasteiger partial charge in [-0.25, -0.2) is 0 Å². The van der Waals surface area contributed by atoms with Crippen LogP contribution in [0, 0.1) is 0 Å². The summed E-state index contributed by atoms with van der Waals surface area (Å²) >= 11 is 7.16. The van der Waals surface area contributed by atoms with E-state index in [0.29, 0.717) is 6.04 Å². The Bertz CT molecular complexity index is 407. The van der Waals surface area contributed by atoms with Crippen molar-refractivity contribution in [3.8, 4) is 0 Å². The van der Waals surface area contributed by atoms with E-state index >= 15 is 0 Å². The molecule has 1 aromatic carbocycles. The summed E-state index contributed by atoms with van der Waals surface area (Å²) < 4.78 is 1.20. The van der Waals surface area contributed by atoms with Gasteiger partial charge in [-0.2, -0.15) is 0 Å². The second-order valence-corrected chi connectivity index (χ2v) is 6.53.